The van der Waals surface area contributed by atoms with Crippen LogP contribution >= 0.6 is 11.8 Å². The third-order valence-electron chi connectivity index (χ3n) is 3.11. The molecule has 106 valence electrons. The van der Waals surface area contributed by atoms with Crippen LogP contribution in [0.5, 0.6) is 5.75 Å². The molecule has 1 aromatic heterocycles. The van der Waals surface area contributed by atoms with Gasteiger partial charge in [-0.25, -0.2) is 4.79 Å². The first-order chi connectivity index (χ1) is 10.1. The Hall–Kier alpha value is -2.40. The topological polar surface area (TPSA) is 70.7 Å². The molecule has 2 aromatic carbocycles. The third-order valence-corrected chi connectivity index (χ3v) is 4.15. The lowest BCUT2D eigenvalue weighted by Gasteiger charge is -2.02. The first-order valence-corrected chi connectivity index (χ1v) is 7.29. The van der Waals surface area contributed by atoms with Crippen molar-refractivity contribution >= 4 is 28.7 Å². The highest BCUT2D eigenvalue weighted by molar-refractivity contribution is 7.98. The van der Waals surface area contributed by atoms with Gasteiger partial charge in [0.1, 0.15) is 11.3 Å². The van der Waals surface area contributed by atoms with Crippen LogP contribution in [-0.2, 0) is 5.75 Å². The van der Waals surface area contributed by atoms with Gasteiger partial charge in [0.05, 0.1) is 0 Å². The Balaban J connectivity index is 1.93. The first kappa shape index (κ1) is 13.6. The number of hydrogen-bond donors (Lipinski definition) is 2. The molecule has 0 unspecified atom stereocenters. The molecule has 0 radical (unpaired) electrons. The van der Waals surface area contributed by atoms with E-state index in [9.17, 15) is 15.0 Å². The maximum Gasteiger partial charge on any atom is 0.372 e. The first-order valence-electron chi connectivity index (χ1n) is 6.30. The Morgan fingerprint density at radius 3 is 2.52 bits per heavy atom. The predicted molar refractivity (Wildman–Crippen MR) is 80.8 cm³/mol. The highest BCUT2D eigenvalue weighted by atomic mass is 32.2. The van der Waals surface area contributed by atoms with E-state index < -0.39 is 5.97 Å². The van der Waals surface area contributed by atoms with Crippen molar-refractivity contribution in [3.8, 4) is 5.75 Å². The van der Waals surface area contributed by atoms with Crippen LogP contribution in [0.2, 0.25) is 0 Å². The molecule has 0 aliphatic rings. The van der Waals surface area contributed by atoms with Crippen LogP contribution in [0.1, 0.15) is 16.1 Å². The number of para-hydroxylation sites is 1. The lowest BCUT2D eigenvalue weighted by Crippen LogP contribution is -1.97. The summed E-state index contributed by atoms with van der Waals surface area (Å²) < 4.78 is 5.42. The summed E-state index contributed by atoms with van der Waals surface area (Å²) in [6, 6.07) is 14.1. The number of aromatic carboxylic acids is 1. The van der Waals surface area contributed by atoms with Gasteiger partial charge < -0.3 is 14.6 Å². The Morgan fingerprint density at radius 2 is 1.81 bits per heavy atom. The average molecular weight is 300 g/mol. The fourth-order valence-electron chi connectivity index (χ4n) is 2.11. The summed E-state index contributed by atoms with van der Waals surface area (Å²) in [5.74, 6) is -0.377. The number of hydrogen-bond acceptors (Lipinski definition) is 4. The number of phenols is 1. The number of carboxylic acids is 1. The molecular weight excluding hydrogens is 288 g/mol. The van der Waals surface area contributed by atoms with Crippen LogP contribution < -0.4 is 0 Å². The highest BCUT2D eigenvalue weighted by Crippen LogP contribution is 2.32. The summed E-state index contributed by atoms with van der Waals surface area (Å²) in [6.07, 6.45) is 0. The minimum atomic E-state index is -1.06. The van der Waals surface area contributed by atoms with E-state index in [1.807, 2.05) is 18.2 Å². The van der Waals surface area contributed by atoms with E-state index >= 15 is 0 Å². The number of fused-ring (bicyclic) bond motifs is 1. The zero-order chi connectivity index (χ0) is 14.8. The van der Waals surface area contributed by atoms with Crippen LogP contribution in [0.25, 0.3) is 11.0 Å². The Bertz CT molecular complexity index is 790. The maximum absolute atomic E-state index is 11.3. The molecule has 0 atom stereocenters. The van der Waals surface area contributed by atoms with E-state index in [4.69, 9.17) is 4.42 Å². The summed E-state index contributed by atoms with van der Waals surface area (Å²) in [5, 5.41) is 19.3. The lowest BCUT2D eigenvalue weighted by molar-refractivity contribution is 0.0664. The number of rotatable bonds is 4. The molecule has 5 heteroatoms. The van der Waals surface area contributed by atoms with Crippen LogP contribution in [0.15, 0.2) is 57.8 Å². The van der Waals surface area contributed by atoms with Crippen molar-refractivity contribution < 1.29 is 19.4 Å². The van der Waals surface area contributed by atoms with Crippen LogP contribution in [0.3, 0.4) is 0 Å². The molecule has 4 nitrogen and oxygen atoms in total. The van der Waals surface area contributed by atoms with Crippen molar-refractivity contribution in [1.29, 1.82) is 0 Å². The van der Waals surface area contributed by atoms with Gasteiger partial charge in [-0.1, -0.05) is 18.2 Å². The van der Waals surface area contributed by atoms with Gasteiger partial charge in [-0.05, 0) is 30.3 Å². The maximum atomic E-state index is 11.3. The van der Waals surface area contributed by atoms with Crippen molar-refractivity contribution in [1.82, 2.24) is 0 Å². The van der Waals surface area contributed by atoms with Gasteiger partial charge in [-0.2, -0.15) is 0 Å². The number of aromatic hydroxyl groups is 1. The summed E-state index contributed by atoms with van der Waals surface area (Å²) in [5.41, 5.74) is 1.26. The number of thioether (sulfide) groups is 1. The fourth-order valence-corrected chi connectivity index (χ4v) is 3.04. The standard InChI is InChI=1S/C16H12O4S/c17-10-5-7-11(8-6-10)21-9-13-12-3-1-2-4-14(12)20-15(13)16(18)19/h1-8,17H,9H2,(H,18,19). The molecule has 2 N–H and O–H groups in total. The van der Waals surface area contributed by atoms with Gasteiger partial charge in [0.25, 0.3) is 0 Å². The van der Waals surface area contributed by atoms with Crippen molar-refractivity contribution in [2.24, 2.45) is 0 Å². The molecule has 3 aromatic rings. The van der Waals surface area contributed by atoms with Crippen molar-refractivity contribution in [3.63, 3.8) is 0 Å². The molecule has 0 spiro atoms. The van der Waals surface area contributed by atoms with Gasteiger partial charge in [-0.15, -0.1) is 11.8 Å². The van der Waals surface area contributed by atoms with Gasteiger partial charge in [0.2, 0.25) is 5.76 Å². The summed E-state index contributed by atoms with van der Waals surface area (Å²) in [7, 11) is 0. The number of carboxylic acid groups (broad SMARTS) is 1. The molecular formula is C16H12O4S. The number of carbonyl (C=O) groups is 1. The monoisotopic (exact) mass is 300 g/mol. The molecule has 0 bridgehead atoms. The Morgan fingerprint density at radius 1 is 1.10 bits per heavy atom. The highest BCUT2D eigenvalue weighted by Gasteiger charge is 2.19. The van der Waals surface area contributed by atoms with E-state index in [2.05, 4.69) is 0 Å². The van der Waals surface area contributed by atoms with E-state index in [1.54, 1.807) is 30.3 Å². The van der Waals surface area contributed by atoms with Crippen molar-refractivity contribution in [2.45, 2.75) is 10.6 Å². The normalized spacial score (nSPS) is 10.9. The van der Waals surface area contributed by atoms with E-state index in [0.717, 1.165) is 10.3 Å². The fraction of sp³-hybridized carbons (Fsp3) is 0.0625. The molecule has 0 saturated carbocycles. The predicted octanol–water partition coefficient (Wildman–Crippen LogP) is 4.13. The number of furan rings is 1. The van der Waals surface area contributed by atoms with Gasteiger partial charge >= 0.3 is 5.97 Å². The summed E-state index contributed by atoms with van der Waals surface area (Å²) in [6.45, 7) is 0. The molecule has 3 rings (SSSR count). The average Bonchev–Trinajstić information content (AvgIpc) is 2.86. The zero-order valence-electron chi connectivity index (χ0n) is 10.9. The zero-order valence-corrected chi connectivity index (χ0v) is 11.8. The summed E-state index contributed by atoms with van der Waals surface area (Å²) >= 11 is 1.50. The second kappa shape index (κ2) is 5.54. The number of phenolic OH excluding ortho intramolecular Hbond substituents is 1. The van der Waals surface area contributed by atoms with Crippen LogP contribution in [-0.4, -0.2) is 16.2 Å². The quantitative estimate of drug-likeness (QED) is 0.709. The smallest absolute Gasteiger partial charge is 0.372 e. The largest absolute Gasteiger partial charge is 0.508 e. The third kappa shape index (κ3) is 2.73. The molecule has 0 fully saturated rings. The molecule has 1 heterocycles. The minimum Gasteiger partial charge on any atom is -0.508 e. The molecule has 21 heavy (non-hydrogen) atoms. The van der Waals surface area contributed by atoms with E-state index in [0.29, 0.717) is 16.9 Å². The van der Waals surface area contributed by atoms with E-state index in [1.165, 1.54) is 11.8 Å². The van der Waals surface area contributed by atoms with Crippen molar-refractivity contribution in [3.05, 3.63) is 59.9 Å². The van der Waals surface area contributed by atoms with Crippen LogP contribution in [0.4, 0.5) is 0 Å². The number of benzene rings is 2. The molecule has 0 aliphatic carbocycles. The second-order valence-electron chi connectivity index (χ2n) is 4.49. The second-order valence-corrected chi connectivity index (χ2v) is 5.54. The van der Waals surface area contributed by atoms with Gasteiger partial charge in [0, 0.05) is 21.6 Å². The molecule has 0 aliphatic heterocycles. The van der Waals surface area contributed by atoms with Gasteiger partial charge in [-0.3, -0.25) is 0 Å². The molecule has 0 amide bonds. The SMILES string of the molecule is O=C(O)c1oc2ccccc2c1CSc1ccc(O)cc1. The molecule has 0 saturated heterocycles. The van der Waals surface area contributed by atoms with Crippen LogP contribution in [0, 0.1) is 0 Å². The Kier molecular flexibility index (Phi) is 3.58. The lowest BCUT2D eigenvalue weighted by atomic mass is 10.1. The van der Waals surface area contributed by atoms with Gasteiger partial charge in [0.15, 0.2) is 0 Å². The Labute approximate surface area is 125 Å². The van der Waals surface area contributed by atoms with E-state index in [-0.39, 0.29) is 11.5 Å². The summed E-state index contributed by atoms with van der Waals surface area (Å²) in [4.78, 5) is 12.3. The van der Waals surface area contributed by atoms with Crippen molar-refractivity contribution in [2.75, 3.05) is 0 Å². The minimum absolute atomic E-state index is 0.0116.